The Bertz CT molecular complexity index is 1830. The van der Waals surface area contributed by atoms with E-state index < -0.39 is 42.5 Å². The van der Waals surface area contributed by atoms with Gasteiger partial charge in [-0.3, -0.25) is 33.4 Å². The Morgan fingerprint density at radius 3 is 2.36 bits per heavy atom. The minimum atomic E-state index is -1.30. The highest BCUT2D eigenvalue weighted by molar-refractivity contribution is 8.30. The second-order valence-electron chi connectivity index (χ2n) is 9.76. The van der Waals surface area contributed by atoms with Crippen LogP contribution in [0.2, 0.25) is 0 Å². The number of anilines is 1. The molecule has 13 nitrogen and oxygen atoms in total. The van der Waals surface area contributed by atoms with Gasteiger partial charge in [0.2, 0.25) is 6.79 Å². The van der Waals surface area contributed by atoms with Crippen LogP contribution in [0.5, 0.6) is 11.5 Å². The number of aliphatic carboxylic acids is 2. The zero-order chi connectivity index (χ0) is 31.9. The predicted molar refractivity (Wildman–Crippen MR) is 167 cm³/mol. The molecule has 0 unspecified atom stereocenters. The number of thioether (sulfide) groups is 2. The maximum absolute atomic E-state index is 13.7. The van der Waals surface area contributed by atoms with Gasteiger partial charge in [-0.15, -0.1) is 11.3 Å². The number of hydrogen-bond donors (Lipinski definition) is 2. The first kappa shape index (κ1) is 31.6. The number of fused-ring (bicyclic) bond motifs is 2. The van der Waals surface area contributed by atoms with Gasteiger partial charge in [-0.05, 0) is 24.5 Å². The molecule has 0 aliphatic carbocycles. The molecule has 44 heavy (non-hydrogen) atoms. The third-order valence-electron chi connectivity index (χ3n) is 6.48. The molecule has 3 aliphatic heterocycles. The lowest BCUT2D eigenvalue weighted by Gasteiger charge is -2.23. The number of amides is 1. The summed E-state index contributed by atoms with van der Waals surface area (Å²) in [6, 6.07) is 3.60. The summed E-state index contributed by atoms with van der Waals surface area (Å²) < 4.78 is 17.5. The maximum Gasteiger partial charge on any atom is 0.325 e. The van der Waals surface area contributed by atoms with Crippen LogP contribution in [0.15, 0.2) is 32.4 Å². The van der Waals surface area contributed by atoms with Crippen LogP contribution in [0.25, 0.3) is 11.0 Å². The molecule has 4 heterocycles. The van der Waals surface area contributed by atoms with Gasteiger partial charge >= 0.3 is 17.9 Å². The molecule has 1 amide bonds. The highest BCUT2D eigenvalue weighted by Crippen LogP contribution is 2.52. The third-order valence-corrected chi connectivity index (χ3v) is 10.4. The number of aromatic nitrogens is 1. The first-order valence-electron chi connectivity index (χ1n) is 13.1. The Hall–Kier alpha value is -3.80. The van der Waals surface area contributed by atoms with Crippen molar-refractivity contribution in [2.24, 2.45) is 5.92 Å². The Labute approximate surface area is 267 Å². The number of nitrogens with zero attached hydrogens (tertiary/aromatic N) is 3. The van der Waals surface area contributed by atoms with Crippen molar-refractivity contribution in [1.29, 1.82) is 0 Å². The van der Waals surface area contributed by atoms with E-state index in [0.29, 0.717) is 27.8 Å². The fourth-order valence-corrected chi connectivity index (χ4v) is 8.40. The maximum atomic E-state index is 13.7. The topological polar surface area (TPSA) is 165 Å². The van der Waals surface area contributed by atoms with Gasteiger partial charge in [-0.25, -0.2) is 0 Å². The molecule has 1 aromatic heterocycles. The molecule has 0 saturated carbocycles. The van der Waals surface area contributed by atoms with E-state index in [0.717, 1.165) is 37.5 Å². The van der Waals surface area contributed by atoms with Gasteiger partial charge in [-0.1, -0.05) is 49.6 Å². The van der Waals surface area contributed by atoms with Crippen molar-refractivity contribution in [1.82, 2.24) is 9.47 Å². The van der Waals surface area contributed by atoms with Crippen molar-refractivity contribution in [3.63, 3.8) is 0 Å². The summed E-state index contributed by atoms with van der Waals surface area (Å²) in [6.45, 7) is 4.29. The Balaban J connectivity index is 1.70. The van der Waals surface area contributed by atoms with E-state index in [9.17, 15) is 34.2 Å². The number of carbonyl (C=O) groups is 4. The number of allylic oxidation sites excluding steroid dienone is 1. The van der Waals surface area contributed by atoms with Crippen LogP contribution in [0, 0.1) is 5.92 Å². The molecule has 0 bridgehead atoms. The first-order valence-corrected chi connectivity index (χ1v) is 16.0. The van der Waals surface area contributed by atoms with Crippen LogP contribution in [0.3, 0.4) is 0 Å². The standard InChI is InChI=1S/C27H25N3O10S4/c1-4-38-21(35)10-28-14-6-15-16(40-11-39-15)7-17(14)42-25(28)13(12(2)3)5-18-23(36)29(8-19(31)32)26(43-18)22-24(37)30(9-20(33)34)27(41)44-22/h5-7,12H,4,8-11H2,1-3H3,(H,31,32)(H,33,34). The van der Waals surface area contributed by atoms with Crippen molar-refractivity contribution in [3.8, 4) is 11.5 Å². The molecule has 5 rings (SSSR count). The summed E-state index contributed by atoms with van der Waals surface area (Å²) >= 11 is 8.29. The molecular formula is C27H25N3O10S4. The molecule has 2 N–H and O–H groups in total. The first-order chi connectivity index (χ1) is 20.9. The quantitative estimate of drug-likeness (QED) is 0.290. The van der Waals surface area contributed by atoms with Gasteiger partial charge in [0.05, 0.1) is 21.9 Å². The van der Waals surface area contributed by atoms with Crippen LogP contribution in [0.1, 0.15) is 20.8 Å². The fourth-order valence-electron chi connectivity index (χ4n) is 4.56. The van der Waals surface area contributed by atoms with E-state index in [2.05, 4.69) is 0 Å². The number of thiazole rings is 1. The summed E-state index contributed by atoms with van der Waals surface area (Å²) in [4.78, 5) is 65.9. The van der Waals surface area contributed by atoms with Gasteiger partial charge in [0.1, 0.15) is 33.5 Å². The minimum absolute atomic E-state index is 0.0137. The molecule has 3 aliphatic rings. The summed E-state index contributed by atoms with van der Waals surface area (Å²) in [5, 5.41) is 19.4. The van der Waals surface area contributed by atoms with E-state index in [4.69, 9.17) is 26.4 Å². The molecule has 232 valence electrons. The number of carboxylic acid groups (broad SMARTS) is 2. The highest BCUT2D eigenvalue weighted by Gasteiger charge is 2.36. The number of esters is 1. The Morgan fingerprint density at radius 2 is 1.73 bits per heavy atom. The largest absolute Gasteiger partial charge is 0.480 e. The molecule has 0 spiro atoms. The van der Waals surface area contributed by atoms with E-state index in [-0.39, 0.29) is 44.3 Å². The number of thiocarbonyl (C=S) groups is 1. The Morgan fingerprint density at radius 1 is 1.05 bits per heavy atom. The van der Waals surface area contributed by atoms with Crippen LogP contribution in [0.4, 0.5) is 5.69 Å². The second-order valence-corrected chi connectivity index (χ2v) is 13.5. The number of benzene rings is 1. The van der Waals surface area contributed by atoms with Crippen LogP contribution in [-0.2, 0) is 30.5 Å². The van der Waals surface area contributed by atoms with Crippen LogP contribution in [-0.4, -0.2) is 74.3 Å². The number of hydrogen-bond acceptors (Lipinski definition) is 13. The smallest absolute Gasteiger partial charge is 0.325 e. The van der Waals surface area contributed by atoms with Gasteiger partial charge < -0.3 is 29.3 Å². The second kappa shape index (κ2) is 12.7. The lowest BCUT2D eigenvalue weighted by molar-refractivity contribution is -0.141. The van der Waals surface area contributed by atoms with Crippen molar-refractivity contribution >= 4 is 91.9 Å². The van der Waals surface area contributed by atoms with Crippen LogP contribution < -0.4 is 29.1 Å². The van der Waals surface area contributed by atoms with E-state index in [1.54, 1.807) is 24.0 Å². The third kappa shape index (κ3) is 6.09. The van der Waals surface area contributed by atoms with Crippen molar-refractivity contribution in [2.45, 2.75) is 32.2 Å². The Kier molecular flexibility index (Phi) is 9.10. The normalized spacial score (nSPS) is 18.4. The number of carbonyl (C=O) groups excluding carboxylic acids is 2. The number of carboxylic acids is 2. The lowest BCUT2D eigenvalue weighted by Crippen LogP contribution is -2.37. The average molecular weight is 680 g/mol. The molecule has 1 saturated heterocycles. The summed E-state index contributed by atoms with van der Waals surface area (Å²) in [6.07, 6.45) is 1.63. The summed E-state index contributed by atoms with van der Waals surface area (Å²) in [7, 11) is 0. The molecule has 17 heteroatoms. The molecule has 1 fully saturated rings. The monoisotopic (exact) mass is 679 g/mol. The SMILES string of the molecule is CCOC(=O)CN1C(=C(C=c2sc(=C3SC(=S)N(CC(=O)O)C3=O)n(CC(=O)O)c2=O)C(C)C)Sc2cc3c(cc21)OCO3. The van der Waals surface area contributed by atoms with Gasteiger partial charge in [-0.2, -0.15) is 0 Å². The van der Waals surface area contributed by atoms with Crippen LogP contribution >= 0.6 is 47.1 Å². The van der Waals surface area contributed by atoms with Gasteiger partial charge in [0, 0.05) is 17.0 Å². The van der Waals surface area contributed by atoms with Crippen molar-refractivity contribution in [3.05, 3.63) is 42.3 Å². The summed E-state index contributed by atoms with van der Waals surface area (Å²) in [5.41, 5.74) is 0.718. The molecule has 1 aromatic carbocycles. The molecule has 0 radical (unpaired) electrons. The molecular weight excluding hydrogens is 655 g/mol. The summed E-state index contributed by atoms with van der Waals surface area (Å²) in [5.74, 6) is -2.85. The number of rotatable bonds is 9. The van der Waals surface area contributed by atoms with Gasteiger partial charge in [0.15, 0.2) is 11.5 Å². The highest BCUT2D eigenvalue weighted by atomic mass is 32.2. The predicted octanol–water partition coefficient (Wildman–Crippen LogP) is 1.60. The van der Waals surface area contributed by atoms with E-state index in [1.807, 2.05) is 19.9 Å². The van der Waals surface area contributed by atoms with Crippen molar-refractivity contribution < 1.29 is 43.6 Å². The zero-order valence-electron chi connectivity index (χ0n) is 23.5. The average Bonchev–Trinajstić information content (AvgIpc) is 3.68. The fraction of sp³-hybridized carbons (Fsp3) is 0.333. The lowest BCUT2D eigenvalue weighted by atomic mass is 10.0. The van der Waals surface area contributed by atoms with E-state index >= 15 is 0 Å². The van der Waals surface area contributed by atoms with Crippen molar-refractivity contribution in [2.75, 3.05) is 31.4 Å². The molecule has 2 aromatic rings. The number of ether oxygens (including phenoxy) is 3. The zero-order valence-corrected chi connectivity index (χ0v) is 26.7. The minimum Gasteiger partial charge on any atom is -0.480 e. The van der Waals surface area contributed by atoms with Gasteiger partial charge in [0.25, 0.3) is 11.5 Å². The molecule has 0 atom stereocenters. The van der Waals surface area contributed by atoms with E-state index in [1.165, 1.54) is 11.8 Å².